The number of carbonyl (C=O) groups excluding carboxylic acids is 1. The van der Waals surface area contributed by atoms with Gasteiger partial charge in [0.1, 0.15) is 18.1 Å². The predicted octanol–water partition coefficient (Wildman–Crippen LogP) is 2.76. The number of hydrogen-bond acceptors (Lipinski definition) is 5. The Balaban J connectivity index is 1.92. The Morgan fingerprint density at radius 3 is 2.81 bits per heavy atom. The standard InChI is InChI=1S/C21H19F2N3O4S/c1-2-8-31(29,30)26-17-6-5-16(22)19(20(17)23)18(28)10-13-9-15-14(4-3-7-27)12-25-21(15)24-11-13/h5-6,9,11-12,26-27H,2,7-8,10H2,1H3,(H,24,25). The summed E-state index contributed by atoms with van der Waals surface area (Å²) >= 11 is 0. The molecule has 7 nitrogen and oxygen atoms in total. The Morgan fingerprint density at radius 2 is 2.10 bits per heavy atom. The number of aliphatic hydroxyl groups excluding tert-OH is 1. The quantitative estimate of drug-likeness (QED) is 0.381. The van der Waals surface area contributed by atoms with Crippen LogP contribution in [0.15, 0.2) is 30.6 Å². The molecule has 0 amide bonds. The molecule has 0 spiro atoms. The van der Waals surface area contributed by atoms with Crippen LogP contribution in [0.1, 0.15) is 34.8 Å². The molecule has 0 bridgehead atoms. The molecule has 0 saturated carbocycles. The molecule has 10 heteroatoms. The van der Waals surface area contributed by atoms with E-state index in [4.69, 9.17) is 5.11 Å². The van der Waals surface area contributed by atoms with Gasteiger partial charge in [-0.3, -0.25) is 9.52 Å². The zero-order valence-electron chi connectivity index (χ0n) is 16.5. The molecular formula is C21H19F2N3O4S. The van der Waals surface area contributed by atoms with Crippen molar-refractivity contribution in [1.29, 1.82) is 0 Å². The zero-order valence-corrected chi connectivity index (χ0v) is 17.3. The number of carbonyl (C=O) groups is 1. The maximum absolute atomic E-state index is 14.8. The van der Waals surface area contributed by atoms with Gasteiger partial charge >= 0.3 is 0 Å². The number of aliphatic hydroxyl groups is 1. The average Bonchev–Trinajstić information content (AvgIpc) is 3.11. The molecule has 3 N–H and O–H groups in total. The van der Waals surface area contributed by atoms with Crippen molar-refractivity contribution in [1.82, 2.24) is 9.97 Å². The molecule has 0 aliphatic heterocycles. The van der Waals surface area contributed by atoms with E-state index in [0.717, 1.165) is 12.1 Å². The van der Waals surface area contributed by atoms with Crippen LogP contribution in [0, 0.1) is 23.5 Å². The van der Waals surface area contributed by atoms with E-state index in [1.807, 2.05) is 4.72 Å². The van der Waals surface area contributed by atoms with Gasteiger partial charge < -0.3 is 10.1 Å². The van der Waals surface area contributed by atoms with E-state index < -0.39 is 38.7 Å². The van der Waals surface area contributed by atoms with Gasteiger partial charge in [-0.05, 0) is 30.2 Å². The van der Waals surface area contributed by atoms with Gasteiger partial charge in [0.25, 0.3) is 0 Å². The van der Waals surface area contributed by atoms with Crippen LogP contribution >= 0.6 is 0 Å². The lowest BCUT2D eigenvalue weighted by Crippen LogP contribution is -2.19. The highest BCUT2D eigenvalue weighted by Crippen LogP contribution is 2.25. The Hall–Kier alpha value is -3.29. The maximum Gasteiger partial charge on any atom is 0.232 e. The highest BCUT2D eigenvalue weighted by Gasteiger charge is 2.23. The van der Waals surface area contributed by atoms with Gasteiger partial charge in [-0.25, -0.2) is 22.2 Å². The third-order valence-corrected chi connectivity index (χ3v) is 5.84. The monoisotopic (exact) mass is 447 g/mol. The molecule has 0 aliphatic rings. The van der Waals surface area contributed by atoms with Crippen LogP contribution in [0.2, 0.25) is 0 Å². The first kappa shape index (κ1) is 22.4. The largest absolute Gasteiger partial charge is 0.384 e. The van der Waals surface area contributed by atoms with Crippen LogP contribution < -0.4 is 4.72 Å². The van der Waals surface area contributed by atoms with Crippen molar-refractivity contribution >= 4 is 32.5 Å². The topological polar surface area (TPSA) is 112 Å². The molecule has 31 heavy (non-hydrogen) atoms. The first-order valence-electron chi connectivity index (χ1n) is 9.33. The third-order valence-electron chi connectivity index (χ3n) is 4.36. The number of sulfonamides is 1. The summed E-state index contributed by atoms with van der Waals surface area (Å²) in [6.45, 7) is 1.32. The number of nitrogens with zero attached hydrogens (tertiary/aromatic N) is 1. The second-order valence-corrected chi connectivity index (χ2v) is 8.55. The third kappa shape index (κ3) is 5.07. The van der Waals surface area contributed by atoms with E-state index in [9.17, 15) is 22.0 Å². The van der Waals surface area contributed by atoms with Crippen molar-refractivity contribution in [2.45, 2.75) is 19.8 Å². The number of pyridine rings is 1. The van der Waals surface area contributed by atoms with E-state index in [1.54, 1.807) is 19.2 Å². The molecule has 0 saturated heterocycles. The van der Waals surface area contributed by atoms with E-state index in [0.29, 0.717) is 28.6 Å². The smallest absolute Gasteiger partial charge is 0.232 e. The molecule has 3 rings (SSSR count). The zero-order chi connectivity index (χ0) is 22.6. The predicted molar refractivity (Wildman–Crippen MR) is 112 cm³/mol. The number of benzene rings is 1. The summed E-state index contributed by atoms with van der Waals surface area (Å²) in [6, 6.07) is 3.40. The minimum atomic E-state index is -3.82. The lowest BCUT2D eigenvalue weighted by atomic mass is 10.0. The molecule has 0 unspecified atom stereocenters. The SMILES string of the molecule is CCCS(=O)(=O)Nc1ccc(F)c(C(=O)Cc2cnc3[nH]cc(C#CCO)c3c2)c1F. The number of ketones is 1. The molecule has 162 valence electrons. The summed E-state index contributed by atoms with van der Waals surface area (Å²) in [5.74, 6) is 1.79. The summed E-state index contributed by atoms with van der Waals surface area (Å²) in [5, 5.41) is 9.44. The van der Waals surface area contributed by atoms with Crippen molar-refractivity contribution in [2.75, 3.05) is 17.1 Å². The van der Waals surface area contributed by atoms with Crippen molar-refractivity contribution in [2.24, 2.45) is 0 Å². The summed E-state index contributed by atoms with van der Waals surface area (Å²) in [6.07, 6.45) is 2.93. The molecule has 0 aliphatic carbocycles. The number of aromatic amines is 1. The number of nitrogens with one attached hydrogen (secondary N) is 2. The molecule has 2 heterocycles. The number of rotatable bonds is 7. The second kappa shape index (κ2) is 9.24. The molecule has 0 fully saturated rings. The second-order valence-electron chi connectivity index (χ2n) is 6.71. The summed E-state index contributed by atoms with van der Waals surface area (Å²) in [5.41, 5.74) is 0.128. The van der Waals surface area contributed by atoms with Gasteiger partial charge in [-0.1, -0.05) is 18.8 Å². The van der Waals surface area contributed by atoms with Crippen molar-refractivity contribution in [3.63, 3.8) is 0 Å². The summed E-state index contributed by atoms with van der Waals surface area (Å²) < 4.78 is 55.0. The van der Waals surface area contributed by atoms with Gasteiger partial charge in [0.2, 0.25) is 10.0 Å². The van der Waals surface area contributed by atoms with Crippen LogP contribution in [0.3, 0.4) is 0 Å². The molecule has 2 aromatic heterocycles. The summed E-state index contributed by atoms with van der Waals surface area (Å²) in [4.78, 5) is 19.7. The Morgan fingerprint density at radius 1 is 1.32 bits per heavy atom. The highest BCUT2D eigenvalue weighted by molar-refractivity contribution is 7.92. The highest BCUT2D eigenvalue weighted by atomic mass is 32.2. The van der Waals surface area contributed by atoms with Crippen LogP contribution in [0.5, 0.6) is 0 Å². The number of H-pyrrole nitrogens is 1. The summed E-state index contributed by atoms with van der Waals surface area (Å²) in [7, 11) is -3.82. The van der Waals surface area contributed by atoms with Crippen LogP contribution in [0.25, 0.3) is 11.0 Å². The average molecular weight is 447 g/mol. The number of aromatic nitrogens is 2. The van der Waals surface area contributed by atoms with Gasteiger partial charge in [0, 0.05) is 24.2 Å². The minimum absolute atomic E-state index is 0.239. The van der Waals surface area contributed by atoms with Crippen molar-refractivity contribution in [3.8, 4) is 11.8 Å². The molecule has 0 radical (unpaired) electrons. The van der Waals surface area contributed by atoms with E-state index in [1.165, 1.54) is 6.20 Å². The maximum atomic E-state index is 14.8. The molecule has 0 atom stereocenters. The number of halogens is 2. The first-order valence-corrected chi connectivity index (χ1v) is 11.0. The van der Waals surface area contributed by atoms with Crippen LogP contribution in [-0.2, 0) is 16.4 Å². The fourth-order valence-corrected chi connectivity index (χ4v) is 4.16. The minimum Gasteiger partial charge on any atom is -0.384 e. The Labute approximate surface area is 177 Å². The van der Waals surface area contributed by atoms with Gasteiger partial charge in [0.15, 0.2) is 11.6 Å². The molecular weight excluding hydrogens is 428 g/mol. The fourth-order valence-electron chi connectivity index (χ4n) is 3.03. The Kier molecular flexibility index (Phi) is 6.68. The van der Waals surface area contributed by atoms with Gasteiger partial charge in [-0.2, -0.15) is 0 Å². The van der Waals surface area contributed by atoms with Gasteiger partial charge in [-0.15, -0.1) is 0 Å². The van der Waals surface area contributed by atoms with E-state index in [-0.39, 0.29) is 18.8 Å². The number of anilines is 1. The van der Waals surface area contributed by atoms with E-state index in [2.05, 4.69) is 21.8 Å². The number of fused-ring (bicyclic) bond motifs is 1. The van der Waals surface area contributed by atoms with E-state index >= 15 is 0 Å². The normalized spacial score (nSPS) is 11.2. The fraction of sp³-hybridized carbons (Fsp3) is 0.238. The van der Waals surface area contributed by atoms with Crippen molar-refractivity contribution < 1.29 is 27.1 Å². The Bertz CT molecular complexity index is 1310. The van der Waals surface area contributed by atoms with Crippen LogP contribution in [-0.4, -0.2) is 41.6 Å². The number of Topliss-reactive ketones (excluding diaryl/α,β-unsaturated/α-hetero) is 1. The first-order chi connectivity index (χ1) is 14.8. The molecule has 3 aromatic rings. The molecule has 1 aromatic carbocycles. The van der Waals surface area contributed by atoms with Crippen molar-refractivity contribution in [3.05, 3.63) is 58.9 Å². The van der Waals surface area contributed by atoms with Gasteiger partial charge in [0.05, 0.1) is 22.6 Å². The van der Waals surface area contributed by atoms with Crippen LogP contribution in [0.4, 0.5) is 14.5 Å². The lowest BCUT2D eigenvalue weighted by molar-refractivity contribution is 0.0985. The lowest BCUT2D eigenvalue weighted by Gasteiger charge is -2.11. The number of hydrogen-bond donors (Lipinski definition) is 3.